The first-order chi connectivity index (χ1) is 9.02. The van der Waals surface area contributed by atoms with Gasteiger partial charge in [-0.25, -0.2) is 0 Å². The van der Waals surface area contributed by atoms with E-state index in [1.54, 1.807) is 25.3 Å². The molecule has 2 atom stereocenters. The van der Waals surface area contributed by atoms with Gasteiger partial charge in [0, 0.05) is 16.0 Å². The van der Waals surface area contributed by atoms with Gasteiger partial charge in [-0.05, 0) is 53.4 Å². The topological polar surface area (TPSA) is 63.6 Å². The summed E-state index contributed by atoms with van der Waals surface area (Å²) in [7, 11) is 1.57. The van der Waals surface area contributed by atoms with Gasteiger partial charge in [0.25, 0.3) is 0 Å². The fraction of sp³-hybridized carbons (Fsp3) is 0.429. The normalized spacial score (nSPS) is 22.2. The van der Waals surface area contributed by atoms with Gasteiger partial charge in [0.1, 0.15) is 5.75 Å². The maximum atomic E-state index is 12.4. The van der Waals surface area contributed by atoms with E-state index < -0.39 is 5.97 Å². The molecule has 0 spiro atoms. The van der Waals surface area contributed by atoms with Crippen molar-refractivity contribution in [2.75, 3.05) is 7.11 Å². The number of halogens is 1. The number of ketones is 1. The number of benzene rings is 1. The van der Waals surface area contributed by atoms with E-state index in [1.165, 1.54) is 0 Å². The zero-order chi connectivity index (χ0) is 14.0. The average Bonchev–Trinajstić information content (AvgIpc) is 2.87. The molecule has 1 aromatic carbocycles. The monoisotopic (exact) mass is 326 g/mol. The molecular formula is C14H15BrO4. The molecule has 2 rings (SSSR count). The Morgan fingerprint density at radius 2 is 2.00 bits per heavy atom. The Bertz CT molecular complexity index is 512. The van der Waals surface area contributed by atoms with Gasteiger partial charge >= 0.3 is 5.97 Å². The van der Waals surface area contributed by atoms with Crippen LogP contribution in [0, 0.1) is 11.8 Å². The maximum Gasteiger partial charge on any atom is 0.306 e. The number of carboxylic acid groups (broad SMARTS) is 1. The summed E-state index contributed by atoms with van der Waals surface area (Å²) in [5.41, 5.74) is 0.594. The molecule has 2 unspecified atom stereocenters. The van der Waals surface area contributed by atoms with Crippen molar-refractivity contribution in [1.82, 2.24) is 0 Å². The summed E-state index contributed by atoms with van der Waals surface area (Å²) in [5.74, 6) is -0.683. The van der Waals surface area contributed by atoms with Crippen LogP contribution in [0.15, 0.2) is 22.7 Å². The summed E-state index contributed by atoms with van der Waals surface area (Å²) in [6, 6.07) is 5.21. The average molecular weight is 327 g/mol. The van der Waals surface area contributed by atoms with Gasteiger partial charge in [-0.15, -0.1) is 0 Å². The minimum Gasteiger partial charge on any atom is -0.497 e. The van der Waals surface area contributed by atoms with Crippen LogP contribution in [0.5, 0.6) is 5.75 Å². The highest BCUT2D eigenvalue weighted by Gasteiger charge is 2.34. The second-order valence-electron chi connectivity index (χ2n) is 4.76. The fourth-order valence-corrected chi connectivity index (χ4v) is 3.04. The Hall–Kier alpha value is -1.36. The number of Topliss-reactive ketones (excluding diaryl/α,β-unsaturated/α-hetero) is 1. The Morgan fingerprint density at radius 1 is 1.32 bits per heavy atom. The molecule has 1 aromatic rings. The zero-order valence-corrected chi connectivity index (χ0v) is 12.1. The first-order valence-electron chi connectivity index (χ1n) is 6.13. The molecule has 0 aliphatic heterocycles. The predicted molar refractivity (Wildman–Crippen MR) is 73.5 cm³/mol. The number of hydrogen-bond acceptors (Lipinski definition) is 3. The number of rotatable bonds is 4. The molecule has 4 nitrogen and oxygen atoms in total. The molecule has 1 aliphatic carbocycles. The van der Waals surface area contributed by atoms with Gasteiger partial charge in [0.2, 0.25) is 0 Å². The van der Waals surface area contributed by atoms with Crippen molar-refractivity contribution in [2.24, 2.45) is 11.8 Å². The third kappa shape index (κ3) is 2.97. The van der Waals surface area contributed by atoms with Gasteiger partial charge < -0.3 is 9.84 Å². The molecule has 0 saturated heterocycles. The van der Waals surface area contributed by atoms with Crippen LogP contribution in [0.25, 0.3) is 0 Å². The summed E-state index contributed by atoms with van der Waals surface area (Å²) in [4.78, 5) is 23.3. The minimum atomic E-state index is -0.802. The third-order valence-electron chi connectivity index (χ3n) is 3.59. The molecule has 0 bridgehead atoms. The molecule has 0 amide bonds. The largest absolute Gasteiger partial charge is 0.497 e. The smallest absolute Gasteiger partial charge is 0.306 e. The highest BCUT2D eigenvalue weighted by Crippen LogP contribution is 2.35. The second kappa shape index (κ2) is 5.74. The van der Waals surface area contributed by atoms with Crippen LogP contribution in [-0.2, 0) is 4.79 Å². The minimum absolute atomic E-state index is 0.0123. The fourth-order valence-electron chi connectivity index (χ4n) is 2.49. The summed E-state index contributed by atoms with van der Waals surface area (Å²) < 4.78 is 5.78. The first-order valence-corrected chi connectivity index (χ1v) is 6.92. The van der Waals surface area contributed by atoms with Crippen molar-refractivity contribution in [3.05, 3.63) is 28.2 Å². The molecule has 1 saturated carbocycles. The lowest BCUT2D eigenvalue weighted by molar-refractivity contribution is -0.141. The van der Waals surface area contributed by atoms with E-state index in [9.17, 15) is 9.59 Å². The van der Waals surface area contributed by atoms with Crippen LogP contribution < -0.4 is 4.74 Å². The van der Waals surface area contributed by atoms with E-state index in [-0.39, 0.29) is 17.6 Å². The lowest BCUT2D eigenvalue weighted by Gasteiger charge is -2.11. The molecule has 1 aliphatic rings. The SMILES string of the molecule is COc1ccc(C(=O)C2CCC(C(=O)O)C2)c(Br)c1. The van der Waals surface area contributed by atoms with Crippen LogP contribution in [0.3, 0.4) is 0 Å². The molecular weight excluding hydrogens is 312 g/mol. The number of carboxylic acids is 1. The van der Waals surface area contributed by atoms with Crippen molar-refractivity contribution in [3.63, 3.8) is 0 Å². The summed E-state index contributed by atoms with van der Waals surface area (Å²) in [6.45, 7) is 0. The van der Waals surface area contributed by atoms with Crippen molar-refractivity contribution in [3.8, 4) is 5.75 Å². The standard InChI is InChI=1S/C14H15BrO4/c1-19-10-4-5-11(12(15)7-10)13(16)8-2-3-9(6-8)14(17)18/h4-5,7-9H,2-3,6H2,1H3,(H,17,18). The Kier molecular flexibility index (Phi) is 4.24. The van der Waals surface area contributed by atoms with Crippen molar-refractivity contribution in [1.29, 1.82) is 0 Å². The van der Waals surface area contributed by atoms with Crippen LogP contribution in [0.1, 0.15) is 29.6 Å². The number of methoxy groups -OCH3 is 1. The lowest BCUT2D eigenvalue weighted by atomic mass is 9.95. The summed E-state index contributed by atoms with van der Waals surface area (Å²) in [5, 5.41) is 8.97. The third-order valence-corrected chi connectivity index (χ3v) is 4.25. The molecule has 0 aromatic heterocycles. The van der Waals surface area contributed by atoms with Gasteiger partial charge in [-0.1, -0.05) is 0 Å². The number of aliphatic carboxylic acids is 1. The van der Waals surface area contributed by atoms with E-state index in [0.29, 0.717) is 35.0 Å². The van der Waals surface area contributed by atoms with E-state index in [2.05, 4.69) is 15.9 Å². The first kappa shape index (κ1) is 14.1. The molecule has 102 valence electrons. The Morgan fingerprint density at radius 3 is 2.53 bits per heavy atom. The molecule has 19 heavy (non-hydrogen) atoms. The lowest BCUT2D eigenvalue weighted by Crippen LogP contribution is -2.15. The van der Waals surface area contributed by atoms with E-state index in [1.807, 2.05) is 0 Å². The Labute approximate surface area is 119 Å². The summed E-state index contributed by atoms with van der Waals surface area (Å²) in [6.07, 6.45) is 1.67. The van der Waals surface area contributed by atoms with E-state index in [4.69, 9.17) is 9.84 Å². The number of ether oxygens (including phenoxy) is 1. The maximum absolute atomic E-state index is 12.4. The quantitative estimate of drug-likeness (QED) is 0.863. The molecule has 1 fully saturated rings. The number of hydrogen-bond donors (Lipinski definition) is 1. The molecule has 0 heterocycles. The predicted octanol–water partition coefficient (Wildman–Crippen LogP) is 3.14. The molecule has 1 N–H and O–H groups in total. The summed E-state index contributed by atoms with van der Waals surface area (Å²) >= 11 is 3.36. The second-order valence-corrected chi connectivity index (χ2v) is 5.61. The van der Waals surface area contributed by atoms with Crippen molar-refractivity contribution >= 4 is 27.7 Å². The molecule has 5 heteroatoms. The van der Waals surface area contributed by atoms with Crippen molar-refractivity contribution in [2.45, 2.75) is 19.3 Å². The van der Waals surface area contributed by atoms with Crippen LogP contribution in [0.2, 0.25) is 0 Å². The van der Waals surface area contributed by atoms with E-state index >= 15 is 0 Å². The van der Waals surface area contributed by atoms with Crippen LogP contribution in [0.4, 0.5) is 0 Å². The zero-order valence-electron chi connectivity index (χ0n) is 10.6. The number of carbonyl (C=O) groups excluding carboxylic acids is 1. The van der Waals surface area contributed by atoms with Gasteiger partial charge in [-0.2, -0.15) is 0 Å². The Balaban J connectivity index is 2.14. The highest BCUT2D eigenvalue weighted by atomic mass is 79.9. The van der Waals surface area contributed by atoms with Crippen LogP contribution in [-0.4, -0.2) is 24.0 Å². The van der Waals surface area contributed by atoms with Crippen molar-refractivity contribution < 1.29 is 19.4 Å². The van der Waals surface area contributed by atoms with E-state index in [0.717, 1.165) is 0 Å². The molecule has 0 radical (unpaired) electrons. The van der Waals surface area contributed by atoms with Gasteiger partial charge in [-0.3, -0.25) is 9.59 Å². The van der Waals surface area contributed by atoms with Gasteiger partial charge in [0.05, 0.1) is 13.0 Å². The number of carbonyl (C=O) groups is 2. The van der Waals surface area contributed by atoms with Gasteiger partial charge in [0.15, 0.2) is 5.78 Å². The highest BCUT2D eigenvalue weighted by molar-refractivity contribution is 9.10. The van der Waals surface area contributed by atoms with Crippen LogP contribution >= 0.6 is 15.9 Å².